The highest BCUT2D eigenvalue weighted by atomic mass is 79.9. The first-order valence-corrected chi connectivity index (χ1v) is 4.86. The second-order valence-electron chi connectivity index (χ2n) is 2.83. The average molecular weight is 278 g/mol. The van der Waals surface area contributed by atoms with Crippen molar-refractivity contribution < 1.29 is 19.0 Å². The second kappa shape index (κ2) is 5.09. The zero-order valence-corrected chi connectivity index (χ0v) is 9.20. The summed E-state index contributed by atoms with van der Waals surface area (Å²) in [6.45, 7) is -0.198. The number of halogens is 2. The summed E-state index contributed by atoms with van der Waals surface area (Å²) in [6, 6.07) is 3.02. The highest BCUT2D eigenvalue weighted by Gasteiger charge is 2.12. The summed E-state index contributed by atoms with van der Waals surface area (Å²) >= 11 is 2.98. The van der Waals surface area contributed by atoms with Crippen LogP contribution in [0.5, 0.6) is 5.75 Å². The van der Waals surface area contributed by atoms with Crippen LogP contribution in [0.2, 0.25) is 0 Å². The van der Waals surface area contributed by atoms with Crippen molar-refractivity contribution in [3.05, 3.63) is 28.5 Å². The third kappa shape index (κ3) is 3.49. The van der Waals surface area contributed by atoms with Crippen LogP contribution in [-0.4, -0.2) is 23.7 Å². The maximum atomic E-state index is 13.0. The van der Waals surface area contributed by atoms with Crippen molar-refractivity contribution in [3.8, 4) is 5.75 Å². The van der Waals surface area contributed by atoms with Gasteiger partial charge in [-0.2, -0.15) is 0 Å². The third-order valence-corrected chi connectivity index (χ3v) is 2.28. The molecule has 0 radical (unpaired) electrons. The molecule has 6 heteroatoms. The molecule has 82 valence electrons. The van der Waals surface area contributed by atoms with E-state index in [1.54, 1.807) is 0 Å². The van der Waals surface area contributed by atoms with E-state index in [0.717, 1.165) is 6.07 Å². The van der Waals surface area contributed by atoms with E-state index in [0.29, 0.717) is 4.47 Å². The Labute approximate surface area is 94.0 Å². The number of nitrogens with two attached hydrogens (primary N) is 1. The molecule has 0 spiro atoms. The van der Waals surface area contributed by atoms with Crippen molar-refractivity contribution in [3.63, 3.8) is 0 Å². The molecule has 0 amide bonds. The summed E-state index contributed by atoms with van der Waals surface area (Å²) in [5, 5.41) is 8.47. The molecule has 1 aromatic carbocycles. The lowest BCUT2D eigenvalue weighted by atomic mass is 10.3. The van der Waals surface area contributed by atoms with Gasteiger partial charge in [0.05, 0.1) is 4.47 Å². The second-order valence-corrected chi connectivity index (χ2v) is 3.69. The molecule has 4 nitrogen and oxygen atoms in total. The SMILES string of the molecule is NC(COc1ccc(Br)c(F)c1)C(=O)O. The van der Waals surface area contributed by atoms with Crippen LogP contribution in [0, 0.1) is 5.82 Å². The Morgan fingerprint density at radius 2 is 2.33 bits per heavy atom. The van der Waals surface area contributed by atoms with Gasteiger partial charge in [-0.15, -0.1) is 0 Å². The molecule has 1 aromatic rings. The van der Waals surface area contributed by atoms with E-state index in [4.69, 9.17) is 15.6 Å². The van der Waals surface area contributed by atoms with E-state index < -0.39 is 17.8 Å². The minimum atomic E-state index is -1.16. The molecule has 3 N–H and O–H groups in total. The lowest BCUT2D eigenvalue weighted by molar-refractivity contribution is -0.139. The largest absolute Gasteiger partial charge is 0.491 e. The number of hydrogen-bond donors (Lipinski definition) is 2. The van der Waals surface area contributed by atoms with E-state index in [-0.39, 0.29) is 12.4 Å². The average Bonchev–Trinajstić information content (AvgIpc) is 2.19. The van der Waals surface area contributed by atoms with Gasteiger partial charge in [0, 0.05) is 6.07 Å². The van der Waals surface area contributed by atoms with Gasteiger partial charge < -0.3 is 15.6 Å². The van der Waals surface area contributed by atoms with Gasteiger partial charge in [-0.05, 0) is 28.1 Å². The minimum absolute atomic E-state index is 0.198. The van der Waals surface area contributed by atoms with Crippen LogP contribution in [0.25, 0.3) is 0 Å². The maximum Gasteiger partial charge on any atom is 0.324 e. The highest BCUT2D eigenvalue weighted by Crippen LogP contribution is 2.20. The molecule has 1 rings (SSSR count). The normalized spacial score (nSPS) is 12.2. The number of hydrogen-bond acceptors (Lipinski definition) is 3. The molecule has 1 atom stereocenters. The van der Waals surface area contributed by atoms with Crippen LogP contribution in [0.3, 0.4) is 0 Å². The Morgan fingerprint density at radius 1 is 1.67 bits per heavy atom. The van der Waals surface area contributed by atoms with Crippen molar-refractivity contribution in [2.45, 2.75) is 6.04 Å². The van der Waals surface area contributed by atoms with Gasteiger partial charge in [0.1, 0.15) is 24.2 Å². The summed E-state index contributed by atoms with van der Waals surface area (Å²) in [5.41, 5.74) is 5.20. The van der Waals surface area contributed by atoms with E-state index in [1.165, 1.54) is 12.1 Å². The minimum Gasteiger partial charge on any atom is -0.491 e. The van der Waals surface area contributed by atoms with E-state index in [1.807, 2.05) is 0 Å². The quantitative estimate of drug-likeness (QED) is 0.872. The standard InChI is InChI=1S/C9H9BrFNO3/c10-6-2-1-5(3-7(6)11)15-4-8(12)9(13)14/h1-3,8H,4,12H2,(H,13,14). The number of carbonyl (C=O) groups is 1. The summed E-state index contributed by atoms with van der Waals surface area (Å²) in [7, 11) is 0. The molecule has 1 unspecified atom stereocenters. The van der Waals surface area contributed by atoms with Crippen LogP contribution in [0.15, 0.2) is 22.7 Å². The van der Waals surface area contributed by atoms with Crippen molar-refractivity contribution >= 4 is 21.9 Å². The molecular weight excluding hydrogens is 269 g/mol. The van der Waals surface area contributed by atoms with E-state index >= 15 is 0 Å². The van der Waals surface area contributed by atoms with Crippen LogP contribution in [0.4, 0.5) is 4.39 Å². The molecule has 0 bridgehead atoms. The summed E-state index contributed by atoms with van der Waals surface area (Å²) in [4.78, 5) is 10.4. The fourth-order valence-corrected chi connectivity index (χ4v) is 1.07. The Kier molecular flexibility index (Phi) is 4.05. The summed E-state index contributed by atoms with van der Waals surface area (Å²) in [5.74, 6) is -1.39. The van der Waals surface area contributed by atoms with E-state index in [2.05, 4.69) is 15.9 Å². The van der Waals surface area contributed by atoms with Crippen molar-refractivity contribution in [1.82, 2.24) is 0 Å². The smallest absolute Gasteiger partial charge is 0.324 e. The van der Waals surface area contributed by atoms with Crippen LogP contribution in [-0.2, 0) is 4.79 Å². The molecule has 0 fully saturated rings. The highest BCUT2D eigenvalue weighted by molar-refractivity contribution is 9.10. The lowest BCUT2D eigenvalue weighted by Crippen LogP contribution is -2.36. The first-order valence-electron chi connectivity index (χ1n) is 4.07. The first-order chi connectivity index (χ1) is 7.00. The number of aliphatic carboxylic acids is 1. The monoisotopic (exact) mass is 277 g/mol. The Hall–Kier alpha value is -1.14. The van der Waals surface area contributed by atoms with Crippen molar-refractivity contribution in [1.29, 1.82) is 0 Å². The predicted octanol–water partition coefficient (Wildman–Crippen LogP) is 1.38. The Morgan fingerprint density at radius 3 is 2.87 bits per heavy atom. The van der Waals surface area contributed by atoms with Gasteiger partial charge in [0.2, 0.25) is 0 Å². The fraction of sp³-hybridized carbons (Fsp3) is 0.222. The third-order valence-electron chi connectivity index (χ3n) is 1.64. The lowest BCUT2D eigenvalue weighted by Gasteiger charge is -2.09. The Balaban J connectivity index is 2.58. The number of carboxylic acids is 1. The van der Waals surface area contributed by atoms with Gasteiger partial charge >= 0.3 is 5.97 Å². The van der Waals surface area contributed by atoms with Crippen molar-refractivity contribution in [2.24, 2.45) is 5.73 Å². The van der Waals surface area contributed by atoms with Gasteiger partial charge in [-0.25, -0.2) is 4.39 Å². The molecule has 0 aliphatic rings. The van der Waals surface area contributed by atoms with Gasteiger partial charge in [0.15, 0.2) is 0 Å². The zero-order valence-electron chi connectivity index (χ0n) is 7.61. The molecule has 0 saturated heterocycles. The summed E-state index contributed by atoms with van der Waals surface area (Å²) < 4.78 is 18.3. The number of benzene rings is 1. The molecule has 0 saturated carbocycles. The van der Waals surface area contributed by atoms with E-state index in [9.17, 15) is 9.18 Å². The van der Waals surface area contributed by atoms with Crippen LogP contribution >= 0.6 is 15.9 Å². The molecule has 0 aromatic heterocycles. The van der Waals surface area contributed by atoms with Gasteiger partial charge in [-0.1, -0.05) is 0 Å². The first kappa shape index (κ1) is 11.9. The summed E-state index contributed by atoms with van der Waals surface area (Å²) in [6.07, 6.45) is 0. The molecule has 0 heterocycles. The van der Waals surface area contributed by atoms with Crippen molar-refractivity contribution in [2.75, 3.05) is 6.61 Å². The molecule has 0 aliphatic heterocycles. The number of ether oxygens (including phenoxy) is 1. The Bertz CT molecular complexity index is 372. The van der Waals surface area contributed by atoms with Gasteiger partial charge in [0.25, 0.3) is 0 Å². The number of carboxylic acid groups (broad SMARTS) is 1. The maximum absolute atomic E-state index is 13.0. The molecule has 0 aliphatic carbocycles. The molecule has 15 heavy (non-hydrogen) atoms. The number of rotatable bonds is 4. The fourth-order valence-electron chi connectivity index (χ4n) is 0.824. The predicted molar refractivity (Wildman–Crippen MR) is 55.2 cm³/mol. The topological polar surface area (TPSA) is 72.5 Å². The molecular formula is C9H9BrFNO3. The van der Waals surface area contributed by atoms with Crippen LogP contribution < -0.4 is 10.5 Å². The van der Waals surface area contributed by atoms with Crippen LogP contribution in [0.1, 0.15) is 0 Å². The van der Waals surface area contributed by atoms with Gasteiger partial charge in [-0.3, -0.25) is 4.79 Å². The zero-order chi connectivity index (χ0) is 11.4.